The fraction of sp³-hybridized carbons (Fsp3) is 0.205. The van der Waals surface area contributed by atoms with Crippen molar-refractivity contribution in [1.82, 2.24) is 0 Å². The van der Waals surface area contributed by atoms with Gasteiger partial charge in [0.15, 0.2) is 0 Å². The van der Waals surface area contributed by atoms with Crippen molar-refractivity contribution in [2.24, 2.45) is 11.3 Å². The monoisotopic (exact) mass is 734 g/mol. The number of fused-ring (bicyclic) bond motifs is 3. The summed E-state index contributed by atoms with van der Waals surface area (Å²) in [5, 5.41) is 0. The van der Waals surface area contributed by atoms with Crippen LogP contribution in [-0.2, 0) is 24.7 Å². The number of halogens is 2. The van der Waals surface area contributed by atoms with Crippen LogP contribution in [0.1, 0.15) is 45.2 Å². The van der Waals surface area contributed by atoms with E-state index in [4.69, 9.17) is 4.21 Å². The SMILES string of the molecule is Cl.Cl.[CH2]=[Zr]([CH3])([C]1=CC(C(C)(C)C)=CC1CC)([c]1ccccc1)[c]1c(-c2ccccc2)ccc2c1Cc1cc(-c3ccccc3)ccc1-2. The van der Waals surface area contributed by atoms with Crippen LogP contribution in [0.4, 0.5) is 0 Å². The predicted molar refractivity (Wildman–Crippen MR) is 208 cm³/mol. The third-order valence-corrected chi connectivity index (χ3v) is 25.2. The molecule has 5 aromatic rings. The third kappa shape index (κ3) is 5.84. The molecule has 0 aliphatic heterocycles. The molecule has 240 valence electrons. The fourth-order valence-electron chi connectivity index (χ4n) is 8.19. The summed E-state index contributed by atoms with van der Waals surface area (Å²) in [5.74, 6) is 0.389. The van der Waals surface area contributed by atoms with Gasteiger partial charge in [0.05, 0.1) is 0 Å². The van der Waals surface area contributed by atoms with Gasteiger partial charge in [-0.1, -0.05) is 0 Å². The topological polar surface area (TPSA) is 0 Å². The summed E-state index contributed by atoms with van der Waals surface area (Å²) >= 11 is -4.55. The summed E-state index contributed by atoms with van der Waals surface area (Å²) in [6, 6.07) is 45.2. The number of benzene rings is 5. The maximum absolute atomic E-state index is 5.64. The minimum absolute atomic E-state index is 0. The van der Waals surface area contributed by atoms with Crippen LogP contribution in [0.3, 0.4) is 0 Å². The van der Waals surface area contributed by atoms with Gasteiger partial charge in [0.2, 0.25) is 0 Å². The summed E-state index contributed by atoms with van der Waals surface area (Å²) in [5.41, 5.74) is 12.4. The van der Waals surface area contributed by atoms with Crippen LogP contribution in [0.5, 0.6) is 0 Å². The summed E-state index contributed by atoms with van der Waals surface area (Å²) in [7, 11) is 0. The van der Waals surface area contributed by atoms with Crippen LogP contribution in [0.2, 0.25) is 4.63 Å². The second kappa shape index (κ2) is 13.1. The Kier molecular flexibility index (Phi) is 9.80. The Bertz CT molecular complexity index is 2050. The predicted octanol–water partition coefficient (Wildman–Crippen LogP) is 11.5. The zero-order valence-corrected chi connectivity index (χ0v) is 32.3. The molecule has 0 N–H and O–H groups in total. The Hall–Kier alpha value is -3.09. The fourth-order valence-corrected chi connectivity index (χ4v) is 22.5. The first-order valence-corrected chi connectivity index (χ1v) is 24.4. The second-order valence-electron chi connectivity index (χ2n) is 14.7. The average Bonchev–Trinajstić information content (AvgIpc) is 3.68. The molecule has 0 amide bonds. The van der Waals surface area contributed by atoms with E-state index in [2.05, 4.69) is 166 Å². The molecule has 7 rings (SSSR count). The molecule has 0 radical (unpaired) electrons. The van der Waals surface area contributed by atoms with E-state index in [1.165, 1.54) is 56.6 Å². The number of hydrogen-bond donors (Lipinski definition) is 0. The van der Waals surface area contributed by atoms with E-state index in [0.29, 0.717) is 5.92 Å². The Morgan fingerprint density at radius 2 is 1.23 bits per heavy atom. The quantitative estimate of drug-likeness (QED) is 0.160. The van der Waals surface area contributed by atoms with Crippen LogP contribution in [0, 0.1) is 11.3 Å². The first kappa shape index (κ1) is 35.2. The zero-order chi connectivity index (χ0) is 31.4. The summed E-state index contributed by atoms with van der Waals surface area (Å²) < 4.78 is 12.8. The van der Waals surface area contributed by atoms with Crippen molar-refractivity contribution >= 4 is 35.6 Å². The van der Waals surface area contributed by atoms with Gasteiger partial charge in [-0.3, -0.25) is 0 Å². The molecule has 0 bridgehead atoms. The third-order valence-electron chi connectivity index (χ3n) is 10.7. The zero-order valence-electron chi connectivity index (χ0n) is 28.2. The molecular weight excluding hydrogens is 691 g/mol. The molecule has 2 aliphatic carbocycles. The van der Waals surface area contributed by atoms with Crippen LogP contribution < -0.4 is 6.54 Å². The normalized spacial score (nSPS) is 15.5. The average molecular weight is 737 g/mol. The van der Waals surface area contributed by atoms with E-state index >= 15 is 0 Å². The van der Waals surface area contributed by atoms with Gasteiger partial charge in [0.1, 0.15) is 0 Å². The van der Waals surface area contributed by atoms with Gasteiger partial charge in [0.25, 0.3) is 0 Å². The molecule has 0 saturated carbocycles. The number of hydrogen-bond acceptors (Lipinski definition) is 0. The van der Waals surface area contributed by atoms with Crippen molar-refractivity contribution in [3.63, 3.8) is 0 Å². The maximum atomic E-state index is 5.64. The molecular formula is C44H46Cl2Zr. The first-order valence-electron chi connectivity index (χ1n) is 16.5. The van der Waals surface area contributed by atoms with Gasteiger partial charge in [-0.2, -0.15) is 0 Å². The molecule has 1 atom stereocenters. The van der Waals surface area contributed by atoms with Crippen molar-refractivity contribution in [2.45, 2.75) is 45.2 Å². The molecule has 0 nitrogen and oxygen atoms in total. The van der Waals surface area contributed by atoms with E-state index in [-0.39, 0.29) is 30.2 Å². The summed E-state index contributed by atoms with van der Waals surface area (Å²) in [6.45, 7) is 9.42. The molecule has 47 heavy (non-hydrogen) atoms. The minimum atomic E-state index is -4.55. The van der Waals surface area contributed by atoms with Crippen LogP contribution >= 0.6 is 24.8 Å². The van der Waals surface area contributed by atoms with Crippen molar-refractivity contribution in [3.8, 4) is 33.4 Å². The molecule has 0 saturated heterocycles. The number of allylic oxidation sites excluding steroid dienone is 4. The van der Waals surface area contributed by atoms with Gasteiger partial charge in [-0.15, -0.1) is 24.8 Å². The van der Waals surface area contributed by atoms with E-state index in [1.807, 2.05) is 0 Å². The molecule has 2 aliphatic rings. The molecule has 0 fully saturated rings. The second-order valence-corrected chi connectivity index (χ2v) is 28.6. The van der Waals surface area contributed by atoms with Crippen LogP contribution in [0.25, 0.3) is 33.4 Å². The van der Waals surface area contributed by atoms with Gasteiger partial charge in [-0.25, -0.2) is 0 Å². The Morgan fingerprint density at radius 1 is 0.681 bits per heavy atom. The molecule has 0 heterocycles. The van der Waals surface area contributed by atoms with Crippen LogP contribution in [-0.4, -0.2) is 4.21 Å². The van der Waals surface area contributed by atoms with Gasteiger partial charge >= 0.3 is 272 Å². The Labute approximate surface area is 295 Å². The standard InChI is InChI=1S/C25H17.C11H17.C6H5.CH3.CH2.2ClH.Zr/c1-3-7-18(8-4-1)20-11-13-24-22(15-20)17-23-16-21(12-14-25(23)24)19-9-5-2-6-10-19;1-5-9-6-7-10(8-9)11(2,3)4;1-2-4-6-5-3-1;;;;;/h1-15H,17H2;7-9H,5H2,1-4H3;1-5H;1H3;1H2;2*1H;. The van der Waals surface area contributed by atoms with Gasteiger partial charge in [0, 0.05) is 0 Å². The Balaban J connectivity index is 0.00000217. The van der Waals surface area contributed by atoms with E-state index < -0.39 is 18.3 Å². The van der Waals surface area contributed by atoms with Crippen molar-refractivity contribution < 1.29 is 18.3 Å². The van der Waals surface area contributed by atoms with Crippen LogP contribution in [0.15, 0.2) is 142 Å². The Morgan fingerprint density at radius 3 is 1.83 bits per heavy atom. The van der Waals surface area contributed by atoms with Gasteiger partial charge in [-0.05, 0) is 0 Å². The number of rotatable bonds is 6. The molecule has 0 spiro atoms. The molecule has 1 unspecified atom stereocenters. The van der Waals surface area contributed by atoms with Crippen molar-refractivity contribution in [3.05, 3.63) is 153 Å². The van der Waals surface area contributed by atoms with E-state index in [1.54, 1.807) is 3.28 Å². The van der Waals surface area contributed by atoms with E-state index in [0.717, 1.165) is 12.8 Å². The van der Waals surface area contributed by atoms with Crippen molar-refractivity contribution in [1.29, 1.82) is 0 Å². The molecule has 5 aromatic carbocycles. The first-order chi connectivity index (χ1) is 21.6. The van der Waals surface area contributed by atoms with Crippen molar-refractivity contribution in [2.75, 3.05) is 0 Å². The summed E-state index contributed by atoms with van der Waals surface area (Å²) in [6.07, 6.45) is 7.20. The molecule has 3 heteroatoms. The van der Waals surface area contributed by atoms with E-state index in [9.17, 15) is 0 Å². The summed E-state index contributed by atoms with van der Waals surface area (Å²) in [4.78, 5) is 0. The van der Waals surface area contributed by atoms with Gasteiger partial charge < -0.3 is 0 Å². The molecule has 0 aromatic heterocycles.